The van der Waals surface area contributed by atoms with Crippen LogP contribution in [0.15, 0.2) is 30.5 Å². The highest BCUT2D eigenvalue weighted by Crippen LogP contribution is 2.42. The second-order valence-corrected chi connectivity index (χ2v) is 15.1. The number of piperazine rings is 1. The summed E-state index contributed by atoms with van der Waals surface area (Å²) in [4.78, 5) is 17.6. The van der Waals surface area contributed by atoms with Gasteiger partial charge in [0.1, 0.15) is 0 Å². The summed E-state index contributed by atoms with van der Waals surface area (Å²) in [7, 11) is -3.66. The molecule has 1 aliphatic carbocycles. The van der Waals surface area contributed by atoms with E-state index < -0.39 is 15.8 Å². The van der Waals surface area contributed by atoms with Crippen LogP contribution >= 0.6 is 11.3 Å². The number of hydrogen-bond acceptors (Lipinski definition) is 9. The first kappa shape index (κ1) is 30.8. The van der Waals surface area contributed by atoms with Crippen LogP contribution in [0.4, 0.5) is 16.0 Å². The molecule has 0 radical (unpaired) electrons. The van der Waals surface area contributed by atoms with Crippen LogP contribution in [0.2, 0.25) is 0 Å². The first-order valence-corrected chi connectivity index (χ1v) is 17.4. The Labute approximate surface area is 252 Å². The number of nitrogens with one attached hydrogen (secondary N) is 3. The molecule has 1 aromatic carbocycles. The number of rotatable bonds is 9. The summed E-state index contributed by atoms with van der Waals surface area (Å²) in [6.45, 7) is 12.3. The summed E-state index contributed by atoms with van der Waals surface area (Å²) in [6, 6.07) is 7.48. The lowest BCUT2D eigenvalue weighted by Crippen LogP contribution is -2.50. The molecule has 42 heavy (non-hydrogen) atoms. The van der Waals surface area contributed by atoms with Crippen LogP contribution in [0.3, 0.4) is 0 Å². The van der Waals surface area contributed by atoms with Crippen LogP contribution < -0.4 is 15.4 Å². The molecule has 2 aliphatic rings. The molecule has 2 fully saturated rings. The van der Waals surface area contributed by atoms with Gasteiger partial charge in [-0.25, -0.2) is 27.8 Å². The molecule has 0 amide bonds. The third-order valence-electron chi connectivity index (χ3n) is 7.85. The number of anilines is 2. The molecular formula is C30H42FN7O2S2. The zero-order chi connectivity index (χ0) is 29.9. The third-order valence-corrected chi connectivity index (χ3v) is 10.8. The van der Waals surface area contributed by atoms with E-state index in [9.17, 15) is 8.42 Å². The molecule has 228 valence electrons. The standard InChI is InChI=1S/C30H42FN7O2S2/c1-5-19-42(39,40)37-23-8-6-7-22(25(23)31)26-27(41-28(36-26)30(2,3)4)24-13-14-33-29(35-24)34-20-9-11-21(12-10-20)38-17-15-32-16-18-38/h6-8,13-14,20-21,32,37H,5,9-12,15-19H2,1-4H3,(H,33,34,35). The number of halogens is 1. The monoisotopic (exact) mass is 615 g/mol. The number of sulfonamides is 1. The third kappa shape index (κ3) is 7.27. The van der Waals surface area contributed by atoms with Crippen molar-refractivity contribution in [2.24, 2.45) is 0 Å². The Morgan fingerprint density at radius 1 is 1.10 bits per heavy atom. The van der Waals surface area contributed by atoms with Crippen LogP contribution in [-0.2, 0) is 15.4 Å². The normalized spacial score (nSPS) is 20.4. The van der Waals surface area contributed by atoms with E-state index in [1.165, 1.54) is 17.4 Å². The summed E-state index contributed by atoms with van der Waals surface area (Å²) in [5, 5.41) is 7.82. The molecule has 1 saturated carbocycles. The topological polar surface area (TPSA) is 112 Å². The number of thiazole rings is 1. The van der Waals surface area contributed by atoms with Crippen LogP contribution in [0.25, 0.3) is 21.8 Å². The number of aromatic nitrogens is 3. The molecule has 0 atom stereocenters. The number of hydrogen-bond donors (Lipinski definition) is 3. The smallest absolute Gasteiger partial charge is 0.232 e. The Kier molecular flexibility index (Phi) is 9.46. The Bertz CT molecular complexity index is 1480. The molecule has 1 aliphatic heterocycles. The van der Waals surface area contributed by atoms with Gasteiger partial charge in [-0.2, -0.15) is 0 Å². The lowest BCUT2D eigenvalue weighted by Gasteiger charge is -2.39. The Morgan fingerprint density at radius 2 is 1.83 bits per heavy atom. The molecule has 1 saturated heterocycles. The lowest BCUT2D eigenvalue weighted by atomic mass is 9.90. The molecule has 9 nitrogen and oxygen atoms in total. The van der Waals surface area contributed by atoms with Crippen molar-refractivity contribution in [3.63, 3.8) is 0 Å². The molecule has 0 unspecified atom stereocenters. The molecule has 12 heteroatoms. The largest absolute Gasteiger partial charge is 0.351 e. The second-order valence-electron chi connectivity index (χ2n) is 12.2. The zero-order valence-electron chi connectivity index (χ0n) is 24.9. The van der Waals surface area contributed by atoms with Crippen LogP contribution in [0.5, 0.6) is 0 Å². The fraction of sp³-hybridized carbons (Fsp3) is 0.567. The molecular weight excluding hydrogens is 574 g/mol. The van der Waals surface area contributed by atoms with Gasteiger partial charge in [0.05, 0.1) is 32.7 Å². The summed E-state index contributed by atoms with van der Waals surface area (Å²) in [6.07, 6.45) is 6.60. The first-order chi connectivity index (χ1) is 20.0. The van der Waals surface area contributed by atoms with Gasteiger partial charge in [0.15, 0.2) is 5.82 Å². The van der Waals surface area contributed by atoms with Crippen molar-refractivity contribution in [1.29, 1.82) is 0 Å². The van der Waals surface area contributed by atoms with Gasteiger partial charge >= 0.3 is 0 Å². The van der Waals surface area contributed by atoms with Gasteiger partial charge in [0.2, 0.25) is 16.0 Å². The highest BCUT2D eigenvalue weighted by Gasteiger charge is 2.29. The fourth-order valence-electron chi connectivity index (χ4n) is 5.65. The maximum atomic E-state index is 15.9. The molecule has 5 rings (SSSR count). The molecule has 0 bridgehead atoms. The minimum atomic E-state index is -3.66. The Hall–Kier alpha value is -2.67. The Balaban J connectivity index is 1.40. The van der Waals surface area contributed by atoms with E-state index in [1.54, 1.807) is 25.3 Å². The van der Waals surface area contributed by atoms with E-state index in [2.05, 4.69) is 46.0 Å². The second kappa shape index (κ2) is 12.9. The highest BCUT2D eigenvalue weighted by atomic mass is 32.2. The summed E-state index contributed by atoms with van der Waals surface area (Å²) in [5.74, 6) is -0.185. The van der Waals surface area contributed by atoms with E-state index in [0.29, 0.717) is 35.8 Å². The van der Waals surface area contributed by atoms with Crippen molar-refractivity contribution in [2.75, 3.05) is 42.0 Å². The summed E-state index contributed by atoms with van der Waals surface area (Å²) < 4.78 is 43.1. The molecule has 2 aromatic heterocycles. The van der Waals surface area contributed by atoms with E-state index >= 15 is 4.39 Å². The maximum Gasteiger partial charge on any atom is 0.232 e. The fourth-order valence-corrected chi connectivity index (χ4v) is 7.89. The molecule has 3 N–H and O–H groups in total. The van der Waals surface area contributed by atoms with Crippen LogP contribution in [0, 0.1) is 5.82 Å². The van der Waals surface area contributed by atoms with Gasteiger partial charge < -0.3 is 10.6 Å². The summed E-state index contributed by atoms with van der Waals surface area (Å²) >= 11 is 1.48. The number of nitrogens with zero attached hydrogens (tertiary/aromatic N) is 4. The van der Waals surface area contributed by atoms with Crippen LogP contribution in [-0.4, -0.2) is 72.3 Å². The zero-order valence-corrected chi connectivity index (χ0v) is 26.5. The van der Waals surface area contributed by atoms with Crippen molar-refractivity contribution >= 4 is 33.0 Å². The van der Waals surface area contributed by atoms with Gasteiger partial charge in [-0.05, 0) is 50.3 Å². The highest BCUT2D eigenvalue weighted by molar-refractivity contribution is 7.92. The van der Waals surface area contributed by atoms with Crippen molar-refractivity contribution in [3.8, 4) is 21.8 Å². The molecule has 0 spiro atoms. The predicted molar refractivity (Wildman–Crippen MR) is 169 cm³/mol. The van der Waals surface area contributed by atoms with Gasteiger partial charge in [0, 0.05) is 55.4 Å². The van der Waals surface area contributed by atoms with E-state index in [1.807, 2.05) is 6.07 Å². The minimum Gasteiger partial charge on any atom is -0.351 e. The molecule has 3 aromatic rings. The Morgan fingerprint density at radius 3 is 2.52 bits per heavy atom. The van der Waals surface area contributed by atoms with E-state index in [-0.39, 0.29) is 22.4 Å². The van der Waals surface area contributed by atoms with Crippen molar-refractivity contribution in [1.82, 2.24) is 25.2 Å². The van der Waals surface area contributed by atoms with E-state index in [0.717, 1.165) is 61.7 Å². The van der Waals surface area contributed by atoms with Gasteiger partial charge in [-0.3, -0.25) is 9.62 Å². The van der Waals surface area contributed by atoms with Gasteiger partial charge in [0.25, 0.3) is 0 Å². The SMILES string of the molecule is CCCS(=O)(=O)Nc1cccc(-c2nc(C(C)(C)C)sc2-c2ccnc(NC3CCC(N4CCNCC4)CC3)n2)c1F. The van der Waals surface area contributed by atoms with Crippen LogP contribution in [0.1, 0.15) is 64.8 Å². The van der Waals surface area contributed by atoms with E-state index in [4.69, 9.17) is 9.97 Å². The quantitative estimate of drug-likeness (QED) is 0.290. The van der Waals surface area contributed by atoms with Crippen molar-refractivity contribution in [2.45, 2.75) is 77.3 Å². The van der Waals surface area contributed by atoms with Crippen molar-refractivity contribution in [3.05, 3.63) is 41.3 Å². The number of benzene rings is 1. The molecule has 3 heterocycles. The lowest BCUT2D eigenvalue weighted by molar-refractivity contribution is 0.135. The summed E-state index contributed by atoms with van der Waals surface area (Å²) in [5.41, 5.74) is 0.971. The maximum absolute atomic E-state index is 15.9. The van der Waals surface area contributed by atoms with Gasteiger partial charge in [-0.1, -0.05) is 33.8 Å². The average molecular weight is 616 g/mol. The van der Waals surface area contributed by atoms with Crippen molar-refractivity contribution < 1.29 is 12.8 Å². The first-order valence-electron chi connectivity index (χ1n) is 14.9. The average Bonchev–Trinajstić information content (AvgIpc) is 3.41. The van der Waals surface area contributed by atoms with Gasteiger partial charge in [-0.15, -0.1) is 11.3 Å². The predicted octanol–water partition coefficient (Wildman–Crippen LogP) is 5.48. The minimum absolute atomic E-state index is 0.0825.